The van der Waals surface area contributed by atoms with Crippen molar-refractivity contribution < 1.29 is 0 Å². The normalized spacial score (nSPS) is 11.1. The van der Waals surface area contributed by atoms with Gasteiger partial charge in [-0.2, -0.15) is 0 Å². The van der Waals surface area contributed by atoms with E-state index in [0.717, 1.165) is 34.1 Å². The fourth-order valence-electron chi connectivity index (χ4n) is 2.11. The molecule has 21 heavy (non-hydrogen) atoms. The van der Waals surface area contributed by atoms with E-state index in [1.807, 2.05) is 13.2 Å². The van der Waals surface area contributed by atoms with Gasteiger partial charge in [-0.1, -0.05) is 13.8 Å². The molecule has 0 amide bonds. The Hall–Kier alpha value is -0.980. The van der Waals surface area contributed by atoms with Gasteiger partial charge in [0, 0.05) is 26.1 Å². The average molecular weight is 369 g/mol. The van der Waals surface area contributed by atoms with Crippen molar-refractivity contribution in [1.82, 2.24) is 15.3 Å². The second-order valence-electron chi connectivity index (χ2n) is 5.36. The first kappa shape index (κ1) is 16.4. The summed E-state index contributed by atoms with van der Waals surface area (Å²) in [4.78, 5) is 11.4. The Balaban J connectivity index is 2.24. The van der Waals surface area contributed by atoms with Crippen LogP contribution in [-0.2, 0) is 13.1 Å². The first-order chi connectivity index (χ1) is 10.0. The minimum Gasteiger partial charge on any atom is -0.367 e. The van der Waals surface area contributed by atoms with Crippen LogP contribution < -0.4 is 10.2 Å². The maximum absolute atomic E-state index is 4.71. The van der Waals surface area contributed by atoms with Crippen LogP contribution in [0.3, 0.4) is 0 Å². The molecule has 2 rings (SSSR count). The molecule has 6 heteroatoms. The van der Waals surface area contributed by atoms with E-state index in [-0.39, 0.29) is 0 Å². The van der Waals surface area contributed by atoms with Crippen LogP contribution in [0.2, 0.25) is 0 Å². The molecule has 0 spiro atoms. The number of aromatic nitrogens is 2. The minimum absolute atomic E-state index is 0.341. The van der Waals surface area contributed by atoms with Gasteiger partial charge in [-0.05, 0) is 40.0 Å². The standard InChI is InChI=1S/C15H21BrN4S/c1-10(2)15-18-7-13(12(19-15)6-17-3)20(4)8-11-5-14(16)21-9-11/h5,7,9-10,17H,6,8H2,1-4H3. The molecular weight excluding hydrogens is 348 g/mol. The second-order valence-corrected chi connectivity index (χ2v) is 7.65. The first-order valence-electron chi connectivity index (χ1n) is 6.95. The van der Waals surface area contributed by atoms with Gasteiger partial charge in [0.15, 0.2) is 0 Å². The van der Waals surface area contributed by atoms with Crippen LogP contribution in [0.1, 0.15) is 36.8 Å². The zero-order valence-corrected chi connectivity index (χ0v) is 15.3. The van der Waals surface area contributed by atoms with E-state index in [4.69, 9.17) is 4.98 Å². The molecule has 0 fully saturated rings. The largest absolute Gasteiger partial charge is 0.367 e. The highest BCUT2D eigenvalue weighted by molar-refractivity contribution is 9.11. The van der Waals surface area contributed by atoms with Crippen LogP contribution in [0.15, 0.2) is 21.4 Å². The second kappa shape index (κ2) is 7.33. The predicted octanol–water partition coefficient (Wildman–Crippen LogP) is 3.78. The molecule has 2 aromatic rings. The molecule has 0 aliphatic heterocycles. The van der Waals surface area contributed by atoms with E-state index in [1.165, 1.54) is 5.56 Å². The van der Waals surface area contributed by atoms with Crippen molar-refractivity contribution in [2.75, 3.05) is 19.0 Å². The smallest absolute Gasteiger partial charge is 0.131 e. The third kappa shape index (κ3) is 4.25. The van der Waals surface area contributed by atoms with Gasteiger partial charge in [0.2, 0.25) is 0 Å². The van der Waals surface area contributed by atoms with Crippen molar-refractivity contribution in [3.05, 3.63) is 38.5 Å². The zero-order chi connectivity index (χ0) is 15.4. The highest BCUT2D eigenvalue weighted by Crippen LogP contribution is 2.25. The molecule has 0 saturated heterocycles. The monoisotopic (exact) mass is 368 g/mol. The Morgan fingerprint density at radius 2 is 2.19 bits per heavy atom. The Morgan fingerprint density at radius 1 is 1.43 bits per heavy atom. The molecule has 0 aromatic carbocycles. The predicted molar refractivity (Wildman–Crippen MR) is 93.0 cm³/mol. The molecule has 114 valence electrons. The lowest BCUT2D eigenvalue weighted by atomic mass is 10.2. The van der Waals surface area contributed by atoms with Crippen LogP contribution in [0.25, 0.3) is 0 Å². The van der Waals surface area contributed by atoms with E-state index in [2.05, 4.69) is 63.5 Å². The Morgan fingerprint density at radius 3 is 2.76 bits per heavy atom. The summed E-state index contributed by atoms with van der Waals surface area (Å²) in [5, 5.41) is 5.36. The fraction of sp³-hybridized carbons (Fsp3) is 0.467. The first-order valence-corrected chi connectivity index (χ1v) is 8.63. The molecule has 2 heterocycles. The topological polar surface area (TPSA) is 41.1 Å². The molecule has 1 N–H and O–H groups in total. The van der Waals surface area contributed by atoms with Gasteiger partial charge >= 0.3 is 0 Å². The SMILES string of the molecule is CNCc1nc(C(C)C)ncc1N(C)Cc1csc(Br)c1. The number of nitrogens with one attached hydrogen (secondary N) is 1. The van der Waals surface area contributed by atoms with Crippen molar-refractivity contribution >= 4 is 33.0 Å². The third-order valence-corrected chi connectivity index (χ3v) is 4.73. The van der Waals surface area contributed by atoms with Crippen LogP contribution in [0.4, 0.5) is 5.69 Å². The number of anilines is 1. The van der Waals surface area contributed by atoms with E-state index in [1.54, 1.807) is 11.3 Å². The summed E-state index contributed by atoms with van der Waals surface area (Å²) in [6, 6.07) is 2.16. The van der Waals surface area contributed by atoms with Gasteiger partial charge < -0.3 is 10.2 Å². The van der Waals surface area contributed by atoms with Gasteiger partial charge in [0.05, 0.1) is 21.4 Å². The van der Waals surface area contributed by atoms with Crippen molar-refractivity contribution in [1.29, 1.82) is 0 Å². The lowest BCUT2D eigenvalue weighted by Crippen LogP contribution is -2.21. The number of nitrogens with zero attached hydrogens (tertiary/aromatic N) is 3. The Labute approximate surface area is 138 Å². The molecule has 2 aromatic heterocycles. The quantitative estimate of drug-likeness (QED) is 0.842. The fourth-order valence-corrected chi connectivity index (χ4v) is 3.31. The van der Waals surface area contributed by atoms with Crippen molar-refractivity contribution in [2.45, 2.75) is 32.9 Å². The Bertz CT molecular complexity index is 597. The summed E-state index contributed by atoms with van der Waals surface area (Å²) in [5.41, 5.74) is 3.42. The number of hydrogen-bond donors (Lipinski definition) is 1. The van der Waals surface area contributed by atoms with E-state index < -0.39 is 0 Å². The van der Waals surface area contributed by atoms with Crippen LogP contribution in [0, 0.1) is 0 Å². The molecule has 0 aliphatic rings. The summed E-state index contributed by atoms with van der Waals surface area (Å²) in [5.74, 6) is 1.24. The molecule has 0 saturated carbocycles. The summed E-state index contributed by atoms with van der Waals surface area (Å²) in [7, 11) is 4.02. The molecule has 0 unspecified atom stereocenters. The van der Waals surface area contributed by atoms with Crippen molar-refractivity contribution in [3.63, 3.8) is 0 Å². The summed E-state index contributed by atoms with van der Waals surface area (Å²) in [6.45, 7) is 5.83. The molecular formula is C15H21BrN4S. The summed E-state index contributed by atoms with van der Waals surface area (Å²) < 4.78 is 1.16. The van der Waals surface area contributed by atoms with Gasteiger partial charge in [0.1, 0.15) is 5.82 Å². The number of hydrogen-bond acceptors (Lipinski definition) is 5. The van der Waals surface area contributed by atoms with Crippen LogP contribution >= 0.6 is 27.3 Å². The minimum atomic E-state index is 0.341. The summed E-state index contributed by atoms with van der Waals surface area (Å²) >= 11 is 5.22. The molecule has 0 atom stereocenters. The average Bonchev–Trinajstić information content (AvgIpc) is 2.84. The highest BCUT2D eigenvalue weighted by Gasteiger charge is 2.13. The third-order valence-electron chi connectivity index (χ3n) is 3.18. The van der Waals surface area contributed by atoms with Crippen LogP contribution in [0.5, 0.6) is 0 Å². The van der Waals surface area contributed by atoms with E-state index in [0.29, 0.717) is 5.92 Å². The number of thiophene rings is 1. The van der Waals surface area contributed by atoms with Gasteiger partial charge in [-0.3, -0.25) is 0 Å². The summed E-state index contributed by atoms with van der Waals surface area (Å²) in [6.07, 6.45) is 1.94. The molecule has 0 aliphatic carbocycles. The Kier molecular flexibility index (Phi) is 5.72. The molecule has 0 bridgehead atoms. The van der Waals surface area contributed by atoms with E-state index in [9.17, 15) is 0 Å². The van der Waals surface area contributed by atoms with Gasteiger partial charge in [0.25, 0.3) is 0 Å². The number of rotatable bonds is 6. The molecule has 0 radical (unpaired) electrons. The maximum Gasteiger partial charge on any atom is 0.131 e. The highest BCUT2D eigenvalue weighted by atomic mass is 79.9. The molecule has 4 nitrogen and oxygen atoms in total. The maximum atomic E-state index is 4.71. The van der Waals surface area contributed by atoms with Gasteiger partial charge in [-0.25, -0.2) is 9.97 Å². The number of halogens is 1. The van der Waals surface area contributed by atoms with Crippen LogP contribution in [-0.4, -0.2) is 24.1 Å². The van der Waals surface area contributed by atoms with Crippen molar-refractivity contribution in [2.24, 2.45) is 0 Å². The van der Waals surface area contributed by atoms with Crippen molar-refractivity contribution in [3.8, 4) is 0 Å². The lowest BCUT2D eigenvalue weighted by molar-refractivity contribution is 0.719. The lowest BCUT2D eigenvalue weighted by Gasteiger charge is -2.22. The zero-order valence-electron chi connectivity index (χ0n) is 12.9. The van der Waals surface area contributed by atoms with E-state index >= 15 is 0 Å². The van der Waals surface area contributed by atoms with Gasteiger partial charge in [-0.15, -0.1) is 11.3 Å².